The Morgan fingerprint density at radius 2 is 1.97 bits per heavy atom. The van der Waals surface area contributed by atoms with E-state index in [4.69, 9.17) is 9.47 Å². The van der Waals surface area contributed by atoms with Gasteiger partial charge >= 0.3 is 5.97 Å². The maximum atomic E-state index is 13.0. The van der Waals surface area contributed by atoms with Crippen LogP contribution in [0.25, 0.3) is 0 Å². The molecular weight excluding hydrogens is 376 g/mol. The number of anilines is 1. The normalized spacial score (nSPS) is 31.6. The highest BCUT2D eigenvalue weighted by molar-refractivity contribution is 5.93. The van der Waals surface area contributed by atoms with Crippen molar-refractivity contribution in [3.63, 3.8) is 0 Å². The SMILES string of the molecule is COC(=O)C1=C2Nc3ccccc3[C@@]23CCN(Cc2ccccc2)[C@H]3C[C@H]1[C@@H]1CO1. The second kappa shape index (κ2) is 6.69. The maximum Gasteiger partial charge on any atom is 0.335 e. The highest BCUT2D eigenvalue weighted by Crippen LogP contribution is 2.59. The van der Waals surface area contributed by atoms with Crippen LogP contribution in [-0.4, -0.2) is 43.3 Å². The van der Waals surface area contributed by atoms with Crippen LogP contribution in [0.1, 0.15) is 24.0 Å². The molecule has 6 rings (SSSR count). The average Bonchev–Trinajstić information content (AvgIpc) is 3.49. The number of hydrogen-bond donors (Lipinski definition) is 1. The number of nitrogens with one attached hydrogen (secondary N) is 1. The number of para-hydroxylation sites is 1. The minimum atomic E-state index is -0.217. The van der Waals surface area contributed by atoms with Crippen LogP contribution in [0.3, 0.4) is 0 Å². The number of hydrogen-bond acceptors (Lipinski definition) is 5. The van der Waals surface area contributed by atoms with Crippen LogP contribution in [0.5, 0.6) is 0 Å². The molecule has 1 aliphatic carbocycles. The number of epoxide rings is 1. The van der Waals surface area contributed by atoms with E-state index in [-0.39, 0.29) is 23.4 Å². The second-order valence-electron chi connectivity index (χ2n) is 8.86. The van der Waals surface area contributed by atoms with Gasteiger partial charge in [0.2, 0.25) is 0 Å². The number of esters is 1. The Morgan fingerprint density at radius 1 is 1.20 bits per heavy atom. The highest BCUT2D eigenvalue weighted by atomic mass is 16.6. The molecule has 0 unspecified atom stereocenters. The smallest absolute Gasteiger partial charge is 0.335 e. The van der Waals surface area contributed by atoms with Crippen molar-refractivity contribution in [3.05, 3.63) is 77.0 Å². The highest BCUT2D eigenvalue weighted by Gasteiger charge is 2.61. The van der Waals surface area contributed by atoms with E-state index in [9.17, 15) is 4.79 Å². The summed E-state index contributed by atoms with van der Waals surface area (Å²) in [6.07, 6.45) is 2.04. The first-order valence-corrected chi connectivity index (χ1v) is 10.8. The van der Waals surface area contributed by atoms with Crippen molar-refractivity contribution in [2.45, 2.75) is 36.9 Å². The van der Waals surface area contributed by atoms with Gasteiger partial charge in [-0.1, -0.05) is 48.5 Å². The largest absolute Gasteiger partial charge is 0.466 e. The molecule has 154 valence electrons. The topological polar surface area (TPSA) is 54.1 Å². The van der Waals surface area contributed by atoms with Crippen LogP contribution in [-0.2, 0) is 26.2 Å². The van der Waals surface area contributed by atoms with Gasteiger partial charge in [-0.05, 0) is 30.0 Å². The van der Waals surface area contributed by atoms with Gasteiger partial charge in [0.1, 0.15) is 0 Å². The number of methoxy groups -OCH3 is 1. The summed E-state index contributed by atoms with van der Waals surface area (Å²) in [6, 6.07) is 19.5. The van der Waals surface area contributed by atoms with Crippen molar-refractivity contribution >= 4 is 11.7 Å². The fourth-order valence-electron chi connectivity index (χ4n) is 6.12. The molecule has 4 aliphatic rings. The summed E-state index contributed by atoms with van der Waals surface area (Å²) in [4.78, 5) is 15.6. The molecule has 3 heterocycles. The molecule has 5 heteroatoms. The zero-order valence-corrected chi connectivity index (χ0v) is 17.1. The van der Waals surface area contributed by atoms with Crippen molar-refractivity contribution in [1.29, 1.82) is 0 Å². The number of benzene rings is 2. The third-order valence-corrected chi connectivity index (χ3v) is 7.48. The van der Waals surface area contributed by atoms with E-state index in [0.717, 1.165) is 49.5 Å². The Hall–Kier alpha value is -2.63. The van der Waals surface area contributed by atoms with Gasteiger partial charge in [0, 0.05) is 36.4 Å². The Labute approximate surface area is 176 Å². The first-order valence-electron chi connectivity index (χ1n) is 10.8. The quantitative estimate of drug-likeness (QED) is 0.627. The van der Waals surface area contributed by atoms with E-state index in [1.54, 1.807) is 0 Å². The number of rotatable bonds is 4. The number of fused-ring (bicyclic) bond motifs is 1. The van der Waals surface area contributed by atoms with Gasteiger partial charge in [-0.15, -0.1) is 0 Å². The summed E-state index contributed by atoms with van der Waals surface area (Å²) in [5.41, 5.74) is 5.45. The first kappa shape index (κ1) is 18.2. The molecule has 0 amide bonds. The summed E-state index contributed by atoms with van der Waals surface area (Å²) in [7, 11) is 1.48. The third-order valence-electron chi connectivity index (χ3n) is 7.48. The molecule has 1 spiro atoms. The maximum absolute atomic E-state index is 13.0. The number of carbonyl (C=O) groups is 1. The monoisotopic (exact) mass is 402 g/mol. The molecule has 0 radical (unpaired) electrons. The number of carbonyl (C=O) groups excluding carboxylic acids is 1. The van der Waals surface area contributed by atoms with Gasteiger partial charge in [-0.3, -0.25) is 4.90 Å². The lowest BCUT2D eigenvalue weighted by Crippen LogP contribution is -2.49. The van der Waals surface area contributed by atoms with Crippen LogP contribution in [0.4, 0.5) is 5.69 Å². The number of nitrogens with zero attached hydrogens (tertiary/aromatic N) is 1. The summed E-state index contributed by atoms with van der Waals surface area (Å²) in [5, 5.41) is 3.66. The fraction of sp³-hybridized carbons (Fsp3) is 0.400. The molecule has 4 atom stereocenters. The summed E-state index contributed by atoms with van der Waals surface area (Å²) >= 11 is 0. The van der Waals surface area contributed by atoms with Crippen LogP contribution >= 0.6 is 0 Å². The van der Waals surface area contributed by atoms with E-state index in [2.05, 4.69) is 64.8 Å². The Kier molecular flexibility index (Phi) is 4.05. The number of ether oxygens (including phenoxy) is 2. The van der Waals surface area contributed by atoms with Crippen molar-refractivity contribution < 1.29 is 14.3 Å². The molecule has 2 aromatic carbocycles. The summed E-state index contributed by atoms with van der Waals surface area (Å²) in [6.45, 7) is 2.66. The van der Waals surface area contributed by atoms with E-state index in [1.807, 2.05) is 0 Å². The minimum Gasteiger partial charge on any atom is -0.466 e. The molecule has 3 aliphatic heterocycles. The first-order chi connectivity index (χ1) is 14.7. The molecule has 2 saturated heterocycles. The van der Waals surface area contributed by atoms with Crippen LogP contribution < -0.4 is 5.32 Å². The molecule has 0 aromatic heterocycles. The van der Waals surface area contributed by atoms with Crippen molar-refractivity contribution in [2.75, 3.05) is 25.6 Å². The van der Waals surface area contributed by atoms with Gasteiger partial charge in [0.05, 0.1) is 30.8 Å². The van der Waals surface area contributed by atoms with E-state index < -0.39 is 0 Å². The van der Waals surface area contributed by atoms with Crippen LogP contribution in [0.15, 0.2) is 65.9 Å². The molecule has 0 saturated carbocycles. The molecular formula is C25H26N2O3. The second-order valence-corrected chi connectivity index (χ2v) is 8.86. The molecule has 5 nitrogen and oxygen atoms in total. The Bertz CT molecular complexity index is 1030. The van der Waals surface area contributed by atoms with Gasteiger partial charge in [-0.25, -0.2) is 4.79 Å². The lowest BCUT2D eigenvalue weighted by molar-refractivity contribution is -0.137. The molecule has 1 N–H and O–H groups in total. The van der Waals surface area contributed by atoms with Gasteiger partial charge in [0.25, 0.3) is 0 Å². The summed E-state index contributed by atoms with van der Waals surface area (Å²) < 4.78 is 11.0. The number of likely N-dealkylation sites (tertiary alicyclic amines) is 1. The van der Waals surface area contributed by atoms with Crippen molar-refractivity contribution in [3.8, 4) is 0 Å². The summed E-state index contributed by atoms with van der Waals surface area (Å²) in [5.74, 6) is -0.145. The van der Waals surface area contributed by atoms with Gasteiger partial charge in [0.15, 0.2) is 0 Å². The standard InChI is InChI=1S/C25H26N2O3/c1-29-24(28)22-17(20-15-30-20)13-21-25(18-9-5-6-10-19(18)26-23(22)25)11-12-27(21)14-16-7-3-2-4-8-16/h2-10,17,20-21,26H,11-15H2,1H3/t17-,20-,21-,25+/m0/s1. The predicted octanol–water partition coefficient (Wildman–Crippen LogP) is 3.47. The zero-order chi connectivity index (χ0) is 20.3. The molecule has 0 bridgehead atoms. The molecule has 2 aromatic rings. The van der Waals surface area contributed by atoms with E-state index >= 15 is 0 Å². The van der Waals surface area contributed by atoms with Crippen LogP contribution in [0.2, 0.25) is 0 Å². The predicted molar refractivity (Wildman–Crippen MR) is 114 cm³/mol. The Morgan fingerprint density at radius 3 is 2.73 bits per heavy atom. The van der Waals surface area contributed by atoms with Crippen molar-refractivity contribution in [1.82, 2.24) is 4.90 Å². The molecule has 2 fully saturated rings. The van der Waals surface area contributed by atoms with Gasteiger partial charge in [-0.2, -0.15) is 0 Å². The lowest BCUT2D eigenvalue weighted by atomic mass is 9.64. The Balaban J connectivity index is 1.50. The van der Waals surface area contributed by atoms with Crippen LogP contribution in [0, 0.1) is 5.92 Å². The lowest BCUT2D eigenvalue weighted by Gasteiger charge is -2.43. The fourth-order valence-corrected chi connectivity index (χ4v) is 6.12. The third kappa shape index (κ3) is 2.52. The van der Waals surface area contributed by atoms with Crippen molar-refractivity contribution in [2.24, 2.45) is 5.92 Å². The molecule has 30 heavy (non-hydrogen) atoms. The van der Waals surface area contributed by atoms with Gasteiger partial charge < -0.3 is 14.8 Å². The minimum absolute atomic E-state index is 0.0729. The average molecular weight is 402 g/mol. The van der Waals surface area contributed by atoms with E-state index in [0.29, 0.717) is 6.04 Å². The van der Waals surface area contributed by atoms with E-state index in [1.165, 1.54) is 18.2 Å². The zero-order valence-electron chi connectivity index (χ0n) is 17.1.